The van der Waals surface area contributed by atoms with Gasteiger partial charge in [-0.25, -0.2) is 0 Å². The molecule has 70 valence electrons. The lowest BCUT2D eigenvalue weighted by Gasteiger charge is -2.21. The zero-order valence-corrected chi connectivity index (χ0v) is 7.84. The van der Waals surface area contributed by atoms with Crippen LogP contribution in [0.1, 0.15) is 51.4 Å². The highest BCUT2D eigenvalue weighted by Gasteiger charge is 2.32. The van der Waals surface area contributed by atoms with Gasteiger partial charge in [0.25, 0.3) is 0 Å². The maximum absolute atomic E-state index is 9.54. The number of rotatable bonds is 0. The molecule has 0 spiro atoms. The highest BCUT2D eigenvalue weighted by atomic mass is 16.3. The molecule has 2 unspecified atom stereocenters. The van der Waals surface area contributed by atoms with Crippen LogP contribution in [0.25, 0.3) is 0 Å². The predicted molar refractivity (Wildman–Crippen MR) is 49.9 cm³/mol. The van der Waals surface area contributed by atoms with E-state index in [0.29, 0.717) is 0 Å². The van der Waals surface area contributed by atoms with Crippen molar-refractivity contribution in [1.29, 1.82) is 0 Å². The first-order chi connectivity index (χ1) is 5.86. The summed E-state index contributed by atoms with van der Waals surface area (Å²) in [6.45, 7) is 0. The molecule has 1 heteroatoms. The molecule has 1 N–H and O–H groups in total. The van der Waals surface area contributed by atoms with Gasteiger partial charge < -0.3 is 5.11 Å². The van der Waals surface area contributed by atoms with Gasteiger partial charge in [0.05, 0.1) is 6.10 Å². The number of fused-ring (bicyclic) bond motifs is 1. The molecule has 2 fully saturated rings. The fraction of sp³-hybridized carbons (Fsp3) is 1.00. The minimum atomic E-state index is 0.0399. The van der Waals surface area contributed by atoms with E-state index in [-0.39, 0.29) is 6.10 Å². The van der Waals surface area contributed by atoms with Crippen molar-refractivity contribution in [2.24, 2.45) is 11.8 Å². The molecule has 12 heavy (non-hydrogen) atoms. The highest BCUT2D eigenvalue weighted by Crippen LogP contribution is 2.40. The molecule has 0 saturated heterocycles. The van der Waals surface area contributed by atoms with Crippen molar-refractivity contribution < 1.29 is 5.11 Å². The fourth-order valence-electron chi connectivity index (χ4n) is 3.05. The second-order valence-corrected chi connectivity index (χ2v) is 4.64. The molecule has 2 aliphatic carbocycles. The van der Waals surface area contributed by atoms with Crippen LogP contribution in [0.4, 0.5) is 0 Å². The van der Waals surface area contributed by atoms with Gasteiger partial charge in [0.2, 0.25) is 0 Å². The Hall–Kier alpha value is -0.0400. The third-order valence-electron chi connectivity index (χ3n) is 3.72. The summed E-state index contributed by atoms with van der Waals surface area (Å²) < 4.78 is 0. The first-order valence-electron chi connectivity index (χ1n) is 5.54. The van der Waals surface area contributed by atoms with Gasteiger partial charge in [-0.2, -0.15) is 0 Å². The van der Waals surface area contributed by atoms with E-state index in [9.17, 15) is 5.11 Å². The van der Waals surface area contributed by atoms with Crippen molar-refractivity contribution in [3.05, 3.63) is 0 Å². The Labute approximate surface area is 75.2 Å². The predicted octanol–water partition coefficient (Wildman–Crippen LogP) is 2.73. The summed E-state index contributed by atoms with van der Waals surface area (Å²) in [6, 6.07) is 0. The van der Waals surface area contributed by atoms with Crippen LogP contribution in [0.2, 0.25) is 0 Å². The van der Waals surface area contributed by atoms with Gasteiger partial charge in [-0.15, -0.1) is 0 Å². The second-order valence-electron chi connectivity index (χ2n) is 4.64. The van der Waals surface area contributed by atoms with E-state index in [2.05, 4.69) is 0 Å². The van der Waals surface area contributed by atoms with Crippen molar-refractivity contribution in [2.75, 3.05) is 0 Å². The van der Waals surface area contributed by atoms with Gasteiger partial charge in [0.1, 0.15) is 0 Å². The molecule has 2 saturated carbocycles. The molecule has 0 radical (unpaired) electrons. The summed E-state index contributed by atoms with van der Waals surface area (Å²) >= 11 is 0. The Morgan fingerprint density at radius 3 is 1.75 bits per heavy atom. The summed E-state index contributed by atoms with van der Waals surface area (Å²) in [4.78, 5) is 0. The zero-order valence-electron chi connectivity index (χ0n) is 7.84. The average Bonchev–Trinajstić information content (AvgIpc) is 2.32. The number of aliphatic hydroxyl groups is 1. The first kappa shape index (κ1) is 8.55. The minimum Gasteiger partial charge on any atom is -0.393 e. The monoisotopic (exact) mass is 168 g/mol. The van der Waals surface area contributed by atoms with Crippen LogP contribution in [0.5, 0.6) is 0 Å². The SMILES string of the molecule is OC1CC2CCCCCCC2C1. The molecule has 1 nitrogen and oxygen atoms in total. The second kappa shape index (κ2) is 3.78. The lowest BCUT2D eigenvalue weighted by molar-refractivity contribution is 0.174. The van der Waals surface area contributed by atoms with Gasteiger partial charge in [-0.3, -0.25) is 0 Å². The number of aliphatic hydroxyl groups excluding tert-OH is 1. The van der Waals surface area contributed by atoms with Crippen LogP contribution >= 0.6 is 0 Å². The zero-order chi connectivity index (χ0) is 8.39. The minimum absolute atomic E-state index is 0.0399. The van der Waals surface area contributed by atoms with E-state index < -0.39 is 0 Å². The summed E-state index contributed by atoms with van der Waals surface area (Å²) in [7, 11) is 0. The number of hydrogen-bond acceptors (Lipinski definition) is 1. The van der Waals surface area contributed by atoms with Gasteiger partial charge in [0.15, 0.2) is 0 Å². The molecule has 0 heterocycles. The molecule has 0 aromatic carbocycles. The molecule has 0 aliphatic heterocycles. The van der Waals surface area contributed by atoms with Crippen LogP contribution in [0.15, 0.2) is 0 Å². The quantitative estimate of drug-likeness (QED) is 0.589. The standard InChI is InChI=1S/C11H20O/c12-11-7-9-5-3-1-2-4-6-10(9)8-11/h9-12H,1-8H2. The Bertz CT molecular complexity index is 128. The molecule has 2 rings (SSSR count). The maximum atomic E-state index is 9.54. The topological polar surface area (TPSA) is 20.2 Å². The van der Waals surface area contributed by atoms with Crippen molar-refractivity contribution in [2.45, 2.75) is 57.5 Å². The summed E-state index contributed by atoms with van der Waals surface area (Å²) in [5.41, 5.74) is 0. The Morgan fingerprint density at radius 2 is 1.25 bits per heavy atom. The lowest BCUT2D eigenvalue weighted by Crippen LogP contribution is -2.09. The van der Waals surface area contributed by atoms with Crippen LogP contribution in [-0.4, -0.2) is 11.2 Å². The van der Waals surface area contributed by atoms with Gasteiger partial charge >= 0.3 is 0 Å². The molecular formula is C11H20O. The Morgan fingerprint density at radius 1 is 0.750 bits per heavy atom. The van der Waals surface area contributed by atoms with Crippen molar-refractivity contribution in [3.63, 3.8) is 0 Å². The van der Waals surface area contributed by atoms with Crippen molar-refractivity contribution >= 4 is 0 Å². The number of hydrogen-bond donors (Lipinski definition) is 1. The molecular weight excluding hydrogens is 148 g/mol. The molecule has 0 aromatic heterocycles. The van der Waals surface area contributed by atoms with E-state index in [1.54, 1.807) is 0 Å². The Kier molecular flexibility index (Phi) is 2.69. The lowest BCUT2D eigenvalue weighted by atomic mass is 9.84. The van der Waals surface area contributed by atoms with Gasteiger partial charge in [-0.1, -0.05) is 38.5 Å². The van der Waals surface area contributed by atoms with Crippen LogP contribution in [-0.2, 0) is 0 Å². The molecule has 0 amide bonds. The normalized spacial score (nSPS) is 43.2. The van der Waals surface area contributed by atoms with E-state index in [1.165, 1.54) is 38.5 Å². The molecule has 0 bridgehead atoms. The smallest absolute Gasteiger partial charge is 0.0545 e. The van der Waals surface area contributed by atoms with Crippen molar-refractivity contribution in [3.8, 4) is 0 Å². The summed E-state index contributed by atoms with van der Waals surface area (Å²) in [5.74, 6) is 1.75. The van der Waals surface area contributed by atoms with E-state index in [1.807, 2.05) is 0 Å². The van der Waals surface area contributed by atoms with Gasteiger partial charge in [-0.05, 0) is 24.7 Å². The molecule has 0 aromatic rings. The van der Waals surface area contributed by atoms with E-state index in [4.69, 9.17) is 0 Å². The largest absolute Gasteiger partial charge is 0.393 e. The van der Waals surface area contributed by atoms with Crippen LogP contribution in [0, 0.1) is 11.8 Å². The molecule has 2 atom stereocenters. The fourth-order valence-corrected chi connectivity index (χ4v) is 3.05. The maximum Gasteiger partial charge on any atom is 0.0545 e. The van der Waals surface area contributed by atoms with Crippen LogP contribution < -0.4 is 0 Å². The van der Waals surface area contributed by atoms with Gasteiger partial charge in [0, 0.05) is 0 Å². The summed E-state index contributed by atoms with van der Waals surface area (Å²) in [6.07, 6.45) is 10.7. The third-order valence-corrected chi connectivity index (χ3v) is 3.72. The third kappa shape index (κ3) is 1.82. The van der Waals surface area contributed by atoms with E-state index in [0.717, 1.165) is 24.7 Å². The van der Waals surface area contributed by atoms with E-state index >= 15 is 0 Å². The Balaban J connectivity index is 1.92. The highest BCUT2D eigenvalue weighted by molar-refractivity contribution is 4.84. The average molecular weight is 168 g/mol. The van der Waals surface area contributed by atoms with Crippen molar-refractivity contribution in [1.82, 2.24) is 0 Å². The summed E-state index contributed by atoms with van der Waals surface area (Å²) in [5, 5.41) is 9.54. The molecule has 2 aliphatic rings. The first-order valence-corrected chi connectivity index (χ1v) is 5.54. The van der Waals surface area contributed by atoms with Crippen LogP contribution in [0.3, 0.4) is 0 Å².